The van der Waals surface area contributed by atoms with Gasteiger partial charge in [0, 0.05) is 56.6 Å². The molecule has 2 saturated heterocycles. The number of rotatable bonds is 7. The van der Waals surface area contributed by atoms with Crippen molar-refractivity contribution in [3.63, 3.8) is 0 Å². The van der Waals surface area contributed by atoms with Gasteiger partial charge in [-0.2, -0.15) is 0 Å². The number of nitrogens with zero attached hydrogens (tertiary/aromatic N) is 4. The van der Waals surface area contributed by atoms with Crippen LogP contribution in [0.1, 0.15) is 29.6 Å². The number of hydrogen-bond donors (Lipinski definition) is 0. The van der Waals surface area contributed by atoms with Crippen molar-refractivity contribution in [2.24, 2.45) is 0 Å². The van der Waals surface area contributed by atoms with Crippen molar-refractivity contribution in [3.8, 4) is 17.2 Å². The molecular formula is C25H32N4O6. The third-order valence-corrected chi connectivity index (χ3v) is 6.70. The van der Waals surface area contributed by atoms with Gasteiger partial charge in [0.15, 0.2) is 11.5 Å². The Morgan fingerprint density at radius 2 is 1.46 bits per heavy atom. The van der Waals surface area contributed by atoms with Crippen molar-refractivity contribution in [2.45, 2.75) is 19.3 Å². The predicted octanol–water partition coefficient (Wildman–Crippen LogP) is 3.57. The van der Waals surface area contributed by atoms with Gasteiger partial charge in [0.05, 0.1) is 26.3 Å². The van der Waals surface area contributed by atoms with Crippen molar-refractivity contribution < 1.29 is 23.9 Å². The number of anilines is 2. The molecule has 2 fully saturated rings. The first kappa shape index (κ1) is 24.4. The lowest BCUT2D eigenvalue weighted by Gasteiger charge is -2.37. The molecule has 4 rings (SSSR count). The zero-order valence-corrected chi connectivity index (χ0v) is 20.5. The second-order valence-electron chi connectivity index (χ2n) is 8.67. The van der Waals surface area contributed by atoms with E-state index in [0.717, 1.165) is 38.0 Å². The molecule has 0 N–H and O–H groups in total. The highest BCUT2D eigenvalue weighted by atomic mass is 16.6. The first-order chi connectivity index (χ1) is 17.0. The number of benzene rings is 2. The van der Waals surface area contributed by atoms with Crippen LogP contribution in [0.2, 0.25) is 0 Å². The minimum atomic E-state index is -0.304. The van der Waals surface area contributed by atoms with Crippen molar-refractivity contribution in [2.75, 3.05) is 70.4 Å². The summed E-state index contributed by atoms with van der Waals surface area (Å²) >= 11 is 0. The Labute approximate surface area is 205 Å². The summed E-state index contributed by atoms with van der Waals surface area (Å²) in [5, 5.41) is 11.6. The SMILES string of the molecule is COc1cc(C(=O)N2CCN(c3ccc([N+](=O)[O-])c(N4CCCCC4)c3)CC2)cc(OC)c1OC. The van der Waals surface area contributed by atoms with Crippen molar-refractivity contribution >= 4 is 23.0 Å². The normalized spacial score (nSPS) is 16.1. The molecule has 2 aromatic rings. The van der Waals surface area contributed by atoms with Gasteiger partial charge in [-0.25, -0.2) is 0 Å². The van der Waals surface area contributed by atoms with Gasteiger partial charge in [-0.15, -0.1) is 0 Å². The molecule has 10 heteroatoms. The number of ether oxygens (including phenoxy) is 3. The van der Waals surface area contributed by atoms with Crippen LogP contribution in [0.25, 0.3) is 0 Å². The van der Waals surface area contributed by atoms with Crippen LogP contribution < -0.4 is 24.0 Å². The molecule has 0 radical (unpaired) electrons. The molecule has 0 saturated carbocycles. The number of amides is 1. The summed E-state index contributed by atoms with van der Waals surface area (Å²) in [5.74, 6) is 1.20. The van der Waals surface area contributed by atoms with E-state index in [0.29, 0.717) is 54.7 Å². The Kier molecular flexibility index (Phi) is 7.48. The Morgan fingerprint density at radius 3 is 2.00 bits per heavy atom. The summed E-state index contributed by atoms with van der Waals surface area (Å²) in [5.41, 5.74) is 2.24. The van der Waals surface area contributed by atoms with Crippen LogP contribution in [0.15, 0.2) is 30.3 Å². The standard InChI is InChI=1S/C25H32N4O6/c1-33-22-15-18(16-23(34-2)24(22)35-3)25(30)28-13-11-26(12-14-28)19-7-8-20(29(31)32)21(17-19)27-9-5-4-6-10-27/h7-8,15-17H,4-6,9-14H2,1-3H3. The third kappa shape index (κ3) is 5.06. The topological polar surface area (TPSA) is 97.6 Å². The Bertz CT molecular complexity index is 1050. The van der Waals surface area contributed by atoms with E-state index in [2.05, 4.69) is 9.80 Å². The predicted molar refractivity (Wildman–Crippen MR) is 133 cm³/mol. The van der Waals surface area contributed by atoms with E-state index in [4.69, 9.17) is 14.2 Å². The number of hydrogen-bond acceptors (Lipinski definition) is 8. The van der Waals surface area contributed by atoms with E-state index in [9.17, 15) is 14.9 Å². The number of nitro groups is 1. The van der Waals surface area contributed by atoms with Crippen LogP contribution >= 0.6 is 0 Å². The van der Waals surface area contributed by atoms with Gasteiger partial charge in [0.25, 0.3) is 11.6 Å². The molecule has 0 atom stereocenters. The van der Waals surface area contributed by atoms with Crippen LogP contribution in [-0.2, 0) is 0 Å². The second-order valence-corrected chi connectivity index (χ2v) is 8.67. The lowest BCUT2D eigenvalue weighted by atomic mass is 10.1. The van der Waals surface area contributed by atoms with Gasteiger partial charge in [-0.3, -0.25) is 14.9 Å². The van der Waals surface area contributed by atoms with E-state index < -0.39 is 0 Å². The summed E-state index contributed by atoms with van der Waals surface area (Å²) in [4.78, 5) is 30.7. The number of piperazine rings is 1. The molecule has 0 bridgehead atoms. The molecule has 0 aliphatic carbocycles. The van der Waals surface area contributed by atoms with Crippen LogP contribution in [0.3, 0.4) is 0 Å². The van der Waals surface area contributed by atoms with Crippen LogP contribution in [-0.4, -0.2) is 76.3 Å². The summed E-state index contributed by atoms with van der Waals surface area (Å²) in [6, 6.07) is 8.67. The maximum absolute atomic E-state index is 13.2. The summed E-state index contributed by atoms with van der Waals surface area (Å²) in [6.07, 6.45) is 3.25. The Hall–Kier alpha value is -3.69. The molecular weight excluding hydrogens is 452 g/mol. The van der Waals surface area contributed by atoms with E-state index in [-0.39, 0.29) is 16.5 Å². The quantitative estimate of drug-likeness (QED) is 0.435. The van der Waals surface area contributed by atoms with Gasteiger partial charge in [-0.05, 0) is 43.5 Å². The van der Waals surface area contributed by atoms with Gasteiger partial charge in [0.2, 0.25) is 5.75 Å². The Balaban J connectivity index is 1.49. The average Bonchev–Trinajstić information content (AvgIpc) is 2.91. The number of nitro benzene ring substituents is 1. The molecule has 188 valence electrons. The van der Waals surface area contributed by atoms with E-state index in [1.807, 2.05) is 12.1 Å². The van der Waals surface area contributed by atoms with Crippen molar-refractivity contribution in [3.05, 3.63) is 46.0 Å². The zero-order valence-electron chi connectivity index (χ0n) is 20.5. The second kappa shape index (κ2) is 10.7. The highest BCUT2D eigenvalue weighted by Gasteiger charge is 2.27. The number of carbonyl (C=O) groups excluding carboxylic acids is 1. The van der Waals surface area contributed by atoms with E-state index in [1.165, 1.54) is 21.3 Å². The smallest absolute Gasteiger partial charge is 0.292 e. The summed E-state index contributed by atoms with van der Waals surface area (Å²) in [6.45, 7) is 4.00. The van der Waals surface area contributed by atoms with Crippen molar-refractivity contribution in [1.29, 1.82) is 0 Å². The highest BCUT2D eigenvalue weighted by Crippen LogP contribution is 2.39. The molecule has 2 aliphatic rings. The fraction of sp³-hybridized carbons (Fsp3) is 0.480. The van der Waals surface area contributed by atoms with E-state index >= 15 is 0 Å². The summed E-state index contributed by atoms with van der Waals surface area (Å²) in [7, 11) is 4.56. The highest BCUT2D eigenvalue weighted by molar-refractivity contribution is 5.96. The molecule has 35 heavy (non-hydrogen) atoms. The Morgan fingerprint density at radius 1 is 0.829 bits per heavy atom. The number of carbonyl (C=O) groups is 1. The number of methoxy groups -OCH3 is 3. The average molecular weight is 485 g/mol. The largest absolute Gasteiger partial charge is 0.493 e. The minimum Gasteiger partial charge on any atom is -0.493 e. The van der Waals surface area contributed by atoms with Crippen LogP contribution in [0.5, 0.6) is 17.2 Å². The monoisotopic (exact) mass is 484 g/mol. The van der Waals surface area contributed by atoms with Gasteiger partial charge < -0.3 is 28.9 Å². The number of piperidine rings is 1. The van der Waals surface area contributed by atoms with Crippen LogP contribution in [0.4, 0.5) is 17.1 Å². The lowest BCUT2D eigenvalue weighted by molar-refractivity contribution is -0.384. The fourth-order valence-electron chi connectivity index (χ4n) is 4.81. The lowest BCUT2D eigenvalue weighted by Crippen LogP contribution is -2.48. The third-order valence-electron chi connectivity index (χ3n) is 6.70. The molecule has 1 amide bonds. The molecule has 10 nitrogen and oxygen atoms in total. The fourth-order valence-corrected chi connectivity index (χ4v) is 4.81. The molecule has 0 aromatic heterocycles. The minimum absolute atomic E-state index is 0.110. The maximum Gasteiger partial charge on any atom is 0.292 e. The van der Waals surface area contributed by atoms with E-state index in [1.54, 1.807) is 23.1 Å². The molecule has 2 aliphatic heterocycles. The van der Waals surface area contributed by atoms with Crippen LogP contribution in [0, 0.1) is 10.1 Å². The van der Waals surface area contributed by atoms with Gasteiger partial charge in [-0.1, -0.05) is 0 Å². The first-order valence-electron chi connectivity index (χ1n) is 11.8. The molecule has 2 heterocycles. The maximum atomic E-state index is 13.2. The first-order valence-corrected chi connectivity index (χ1v) is 11.8. The molecule has 0 spiro atoms. The molecule has 0 unspecified atom stereocenters. The van der Waals surface area contributed by atoms with Gasteiger partial charge in [0.1, 0.15) is 5.69 Å². The zero-order chi connectivity index (χ0) is 24.9. The summed E-state index contributed by atoms with van der Waals surface area (Å²) < 4.78 is 16.1. The van der Waals surface area contributed by atoms with Crippen molar-refractivity contribution in [1.82, 2.24) is 4.90 Å². The van der Waals surface area contributed by atoms with Gasteiger partial charge >= 0.3 is 0 Å². The molecule has 2 aromatic carbocycles.